The topological polar surface area (TPSA) is 230 Å². The first-order valence-corrected chi connectivity index (χ1v) is 26.9. The summed E-state index contributed by atoms with van der Waals surface area (Å²) in [5.74, 6) is -1.31. The molecule has 0 amide bonds. The van der Waals surface area contributed by atoms with Crippen LogP contribution in [0, 0.1) is 0 Å². The van der Waals surface area contributed by atoms with Gasteiger partial charge in [-0.3, -0.25) is 18.2 Å². The van der Waals surface area contributed by atoms with Gasteiger partial charge in [0.25, 0.3) is 40.5 Å². The molecule has 342 valence electrons. The van der Waals surface area contributed by atoms with E-state index < -0.39 is 51.3 Å². The van der Waals surface area contributed by atoms with Crippen LogP contribution in [0.15, 0.2) is 60.3 Å². The molecule has 2 heterocycles. The minimum atomic E-state index is -4.12. The van der Waals surface area contributed by atoms with Gasteiger partial charge in [-0.1, -0.05) is 19.9 Å². The maximum atomic E-state index is 11.5. The predicted molar refractivity (Wildman–Crippen MR) is 242 cm³/mol. The van der Waals surface area contributed by atoms with E-state index in [2.05, 4.69) is 61.5 Å². The van der Waals surface area contributed by atoms with Crippen molar-refractivity contribution >= 4 is 68.9 Å². The van der Waals surface area contributed by atoms with E-state index in [0.29, 0.717) is 64.7 Å². The Morgan fingerprint density at radius 3 is 1.57 bits per heavy atom. The number of hydrogen-bond donors (Lipinski definition) is 4. The van der Waals surface area contributed by atoms with E-state index in [1.54, 1.807) is 0 Å². The molecule has 0 fully saturated rings. The van der Waals surface area contributed by atoms with E-state index >= 15 is 0 Å². The second kappa shape index (κ2) is 20.0. The van der Waals surface area contributed by atoms with Gasteiger partial charge in [0, 0.05) is 86.0 Å². The molecule has 2 aliphatic heterocycles. The molecule has 0 aromatic heterocycles. The summed E-state index contributed by atoms with van der Waals surface area (Å²) < 4.78 is 130. The number of unbranched alkanes of at least 4 members (excludes halogenated alkanes) is 4. The van der Waals surface area contributed by atoms with Gasteiger partial charge in [-0.15, -0.1) is 0 Å². The number of rotatable bonds is 24. The highest BCUT2D eigenvalue weighted by Crippen LogP contribution is 2.49. The summed E-state index contributed by atoms with van der Waals surface area (Å²) in [6.45, 7) is 10.6. The summed E-state index contributed by atoms with van der Waals surface area (Å²) in [5, 5.41) is 0. The van der Waals surface area contributed by atoms with E-state index in [-0.39, 0.29) is 35.9 Å². The molecule has 4 N–H and O–H groups in total. The van der Waals surface area contributed by atoms with Crippen molar-refractivity contribution in [1.82, 2.24) is 0 Å². The molecule has 2 aliphatic rings. The van der Waals surface area contributed by atoms with Gasteiger partial charge in [0.05, 0.1) is 28.4 Å². The Kier molecular flexibility index (Phi) is 16.5. The molecule has 16 nitrogen and oxygen atoms in total. The lowest BCUT2D eigenvalue weighted by atomic mass is 9.81. The number of fused-ring (bicyclic) bond motifs is 2. The highest BCUT2D eigenvalue weighted by molar-refractivity contribution is 7.86. The predicted octanol–water partition coefficient (Wildman–Crippen LogP) is 5.85. The molecule has 0 radical (unpaired) electrons. The maximum absolute atomic E-state index is 11.5. The molecule has 61 heavy (non-hydrogen) atoms. The molecule has 0 aliphatic carbocycles. The number of allylic oxidation sites excluding steroid dienone is 4. The van der Waals surface area contributed by atoms with Crippen LogP contribution in [0.25, 0.3) is 0 Å². The first-order chi connectivity index (χ1) is 28.1. The molecule has 0 spiro atoms. The lowest BCUT2D eigenvalue weighted by Gasteiger charge is -2.27. The Labute approximate surface area is 363 Å². The third kappa shape index (κ3) is 14.3. The summed E-state index contributed by atoms with van der Waals surface area (Å²) in [6.07, 6.45) is 9.34. The normalized spacial score (nSPS) is 17.1. The summed E-state index contributed by atoms with van der Waals surface area (Å²) in [6, 6.07) is 12.2. The third-order valence-corrected chi connectivity index (χ3v) is 14.7. The van der Waals surface area contributed by atoms with E-state index in [1.165, 1.54) is 0 Å². The molecule has 0 saturated heterocycles. The Hall–Kier alpha value is -3.37. The van der Waals surface area contributed by atoms with Crippen molar-refractivity contribution in [2.24, 2.45) is 0 Å². The zero-order chi connectivity index (χ0) is 45.6. The van der Waals surface area contributed by atoms with E-state index in [0.717, 1.165) is 45.3 Å². The van der Waals surface area contributed by atoms with Gasteiger partial charge < -0.3 is 14.7 Å². The summed E-state index contributed by atoms with van der Waals surface area (Å²) >= 11 is 0. The molecular formula is C41H63N4O12S4+. The highest BCUT2D eigenvalue weighted by atomic mass is 32.2. The van der Waals surface area contributed by atoms with Crippen LogP contribution in [0.1, 0.15) is 90.2 Å². The molecule has 20 heteroatoms. The Morgan fingerprint density at radius 1 is 0.607 bits per heavy atom. The van der Waals surface area contributed by atoms with Crippen molar-refractivity contribution in [2.75, 3.05) is 78.0 Å². The Morgan fingerprint density at radius 2 is 1.07 bits per heavy atom. The van der Waals surface area contributed by atoms with Gasteiger partial charge in [0.2, 0.25) is 5.69 Å². The van der Waals surface area contributed by atoms with Gasteiger partial charge in [-0.25, -0.2) is 0 Å². The lowest BCUT2D eigenvalue weighted by molar-refractivity contribution is -0.438. The largest absolute Gasteiger partial charge is 0.375 e. The van der Waals surface area contributed by atoms with Crippen molar-refractivity contribution in [3.8, 4) is 0 Å². The van der Waals surface area contributed by atoms with E-state index in [4.69, 9.17) is 9.11 Å². The van der Waals surface area contributed by atoms with Crippen molar-refractivity contribution in [2.45, 2.75) is 89.9 Å². The van der Waals surface area contributed by atoms with Crippen LogP contribution in [-0.4, -0.2) is 125 Å². The van der Waals surface area contributed by atoms with E-state index in [9.17, 15) is 42.8 Å². The van der Waals surface area contributed by atoms with Gasteiger partial charge in [-0.05, 0) is 101 Å². The Balaban J connectivity index is 1.69. The number of benzene rings is 2. The van der Waals surface area contributed by atoms with Crippen LogP contribution >= 0.6 is 0 Å². The summed E-state index contributed by atoms with van der Waals surface area (Å²) in [4.78, 5) is 6.24. The quantitative estimate of drug-likeness (QED) is 0.0550. The standard InChI is InChI=1S/C41H62N4O12S4/c1-40(2)34-30-32(42(5)22-7-11-26-58(46,47)48)18-20-36(34)44(24-9-13-28-60(52,53)54)38(40)16-15-17-39-41(3,4)35-31-33(43(6)23-8-12-27-59(49,50)51)19-21-37(35)45(39)25-10-14-29-61(55,56)57/h15-21,30-31H,7-14,22-29H2,1-6H3,(H3-,46,47,48,49,50,51,52,53,54,55,56,57)/p+1. The Bertz CT molecular complexity index is 2450. The first-order valence-electron chi connectivity index (χ1n) is 20.4. The monoisotopic (exact) mass is 931 g/mol. The molecule has 2 aromatic carbocycles. The molecule has 0 unspecified atom stereocenters. The van der Waals surface area contributed by atoms with Crippen molar-refractivity contribution < 1.29 is 56.5 Å². The third-order valence-electron chi connectivity index (χ3n) is 11.5. The molecule has 0 saturated carbocycles. The maximum Gasteiger partial charge on any atom is 0.264 e. The number of anilines is 3. The molecule has 0 atom stereocenters. The lowest BCUT2D eigenvalue weighted by Crippen LogP contribution is -2.29. The van der Waals surface area contributed by atoms with E-state index in [1.807, 2.05) is 54.2 Å². The van der Waals surface area contributed by atoms with Crippen molar-refractivity contribution in [3.63, 3.8) is 0 Å². The second-order valence-electron chi connectivity index (χ2n) is 17.1. The molecule has 0 bridgehead atoms. The van der Waals surface area contributed by atoms with Gasteiger partial charge in [-0.2, -0.15) is 38.2 Å². The van der Waals surface area contributed by atoms with Gasteiger partial charge >= 0.3 is 0 Å². The van der Waals surface area contributed by atoms with Crippen LogP contribution in [-0.2, 0) is 51.3 Å². The zero-order valence-corrected chi connectivity index (χ0v) is 39.3. The summed E-state index contributed by atoms with van der Waals surface area (Å²) in [7, 11) is -12.5. The fourth-order valence-corrected chi connectivity index (χ4v) is 10.4. The zero-order valence-electron chi connectivity index (χ0n) is 36.0. The number of nitrogens with zero attached hydrogens (tertiary/aromatic N) is 4. The van der Waals surface area contributed by atoms with Gasteiger partial charge in [0.1, 0.15) is 6.54 Å². The molecular weight excluding hydrogens is 869 g/mol. The van der Waals surface area contributed by atoms with Crippen LogP contribution in [0.3, 0.4) is 0 Å². The number of hydrogen-bond acceptors (Lipinski definition) is 11. The summed E-state index contributed by atoms with van der Waals surface area (Å²) in [5.41, 5.74) is 6.74. The average molecular weight is 932 g/mol. The fraction of sp³-hybridized carbons (Fsp3) is 0.585. The van der Waals surface area contributed by atoms with Crippen LogP contribution in [0.5, 0.6) is 0 Å². The smallest absolute Gasteiger partial charge is 0.264 e. The molecule has 4 rings (SSSR count). The van der Waals surface area contributed by atoms with Crippen molar-refractivity contribution in [1.29, 1.82) is 0 Å². The fourth-order valence-electron chi connectivity index (χ4n) is 8.15. The molecule has 2 aromatic rings. The average Bonchev–Trinajstić information content (AvgIpc) is 3.47. The first kappa shape index (κ1) is 50.3. The minimum Gasteiger partial charge on any atom is -0.375 e. The highest BCUT2D eigenvalue weighted by Gasteiger charge is 2.45. The second-order valence-corrected chi connectivity index (χ2v) is 23.4. The SMILES string of the molecule is CN(CCCCS(=O)(=O)O)c1ccc2c(c1)C(C)(C)C(C=C/C=C1/N(CCCCS(=O)(=O)O)c3ccc(N(C)CCCCS(=O)(=O)O)cc3C1(C)C)=[N+]2CCCCS(=O)(=O)O. The minimum absolute atomic E-state index is 0.261. The van der Waals surface area contributed by atoms with Crippen LogP contribution in [0.4, 0.5) is 22.7 Å². The van der Waals surface area contributed by atoms with Crippen LogP contribution < -0.4 is 14.7 Å². The van der Waals surface area contributed by atoms with Crippen molar-refractivity contribution in [3.05, 3.63) is 71.5 Å². The van der Waals surface area contributed by atoms with Crippen LogP contribution in [0.2, 0.25) is 0 Å². The van der Waals surface area contributed by atoms with Gasteiger partial charge in [0.15, 0.2) is 5.71 Å².